The third-order valence-electron chi connectivity index (χ3n) is 1.78. The summed E-state index contributed by atoms with van der Waals surface area (Å²) in [6.45, 7) is 0. The van der Waals surface area contributed by atoms with Gasteiger partial charge in [0.05, 0.1) is 4.47 Å². The molecule has 0 bridgehead atoms. The van der Waals surface area contributed by atoms with Gasteiger partial charge in [0.15, 0.2) is 5.82 Å². The van der Waals surface area contributed by atoms with E-state index in [1.807, 2.05) is 0 Å². The van der Waals surface area contributed by atoms with Crippen molar-refractivity contribution in [3.63, 3.8) is 0 Å². The molecule has 0 radical (unpaired) electrons. The zero-order valence-corrected chi connectivity index (χ0v) is 9.86. The van der Waals surface area contributed by atoms with Gasteiger partial charge in [0.25, 0.3) is 0 Å². The second-order valence-electron chi connectivity index (χ2n) is 2.70. The molecule has 0 saturated heterocycles. The van der Waals surface area contributed by atoms with Crippen molar-refractivity contribution in [2.75, 3.05) is 0 Å². The van der Waals surface area contributed by atoms with Gasteiger partial charge in [0.1, 0.15) is 11.3 Å². The molecule has 0 aliphatic rings. The average molecular weight is 323 g/mol. The van der Waals surface area contributed by atoms with E-state index < -0.39 is 11.6 Å². The number of benzene rings is 1. The van der Waals surface area contributed by atoms with Gasteiger partial charge < -0.3 is 0 Å². The molecule has 72 valence electrons. The molecule has 2 aromatic rings. The van der Waals surface area contributed by atoms with Gasteiger partial charge in [-0.2, -0.15) is 0 Å². The van der Waals surface area contributed by atoms with E-state index in [0.717, 1.165) is 6.07 Å². The van der Waals surface area contributed by atoms with E-state index in [4.69, 9.17) is 0 Å². The van der Waals surface area contributed by atoms with Crippen LogP contribution < -0.4 is 0 Å². The number of rotatable bonds is 0. The summed E-state index contributed by atoms with van der Waals surface area (Å²) in [6.07, 6.45) is 1.47. The number of hydrogen-bond acceptors (Lipinski definition) is 1. The van der Waals surface area contributed by atoms with Crippen LogP contribution in [-0.4, -0.2) is 4.98 Å². The molecule has 0 unspecified atom stereocenters. The van der Waals surface area contributed by atoms with Gasteiger partial charge in [-0.1, -0.05) is 0 Å². The van der Waals surface area contributed by atoms with E-state index in [1.54, 1.807) is 0 Å². The van der Waals surface area contributed by atoms with Crippen LogP contribution in [0, 0.1) is 11.6 Å². The van der Waals surface area contributed by atoms with E-state index in [1.165, 1.54) is 12.3 Å². The maximum atomic E-state index is 13.2. The fourth-order valence-corrected chi connectivity index (χ4v) is 1.89. The van der Waals surface area contributed by atoms with Crippen LogP contribution in [0.1, 0.15) is 0 Å². The number of pyridine rings is 1. The molecule has 1 aromatic heterocycles. The summed E-state index contributed by atoms with van der Waals surface area (Å²) in [5.74, 6) is -1.27. The highest BCUT2D eigenvalue weighted by molar-refractivity contribution is 9.13. The summed E-state index contributed by atoms with van der Waals surface area (Å²) < 4.78 is 27.4. The van der Waals surface area contributed by atoms with Crippen molar-refractivity contribution >= 4 is 42.8 Å². The van der Waals surface area contributed by atoms with Crippen LogP contribution in [0.5, 0.6) is 0 Å². The van der Waals surface area contributed by atoms with Crippen molar-refractivity contribution in [1.82, 2.24) is 4.98 Å². The Bertz CT molecular complexity index is 514. The molecule has 0 aliphatic carbocycles. The maximum Gasteiger partial charge on any atom is 0.152 e. The van der Waals surface area contributed by atoms with Crippen LogP contribution in [-0.2, 0) is 0 Å². The third kappa shape index (κ3) is 1.54. The number of fused-ring (bicyclic) bond motifs is 1. The van der Waals surface area contributed by atoms with E-state index in [0.29, 0.717) is 14.3 Å². The molecule has 0 aliphatic heterocycles. The zero-order chi connectivity index (χ0) is 10.3. The summed E-state index contributed by atoms with van der Waals surface area (Å²) in [7, 11) is 0. The van der Waals surface area contributed by atoms with Gasteiger partial charge in [-0.3, -0.25) is 4.98 Å². The van der Waals surface area contributed by atoms with Crippen molar-refractivity contribution in [2.45, 2.75) is 0 Å². The largest absolute Gasteiger partial charge is 0.252 e. The molecule has 5 heteroatoms. The molecule has 0 amide bonds. The van der Waals surface area contributed by atoms with Gasteiger partial charge in [0, 0.05) is 22.1 Å². The molecule has 0 saturated carbocycles. The molecule has 1 heterocycles. The third-order valence-corrected chi connectivity index (χ3v) is 3.77. The van der Waals surface area contributed by atoms with Gasteiger partial charge in [0.2, 0.25) is 0 Å². The summed E-state index contributed by atoms with van der Waals surface area (Å²) >= 11 is 6.44. The lowest BCUT2D eigenvalue weighted by molar-refractivity contribution is 0.590. The molecule has 14 heavy (non-hydrogen) atoms. The first-order valence-corrected chi connectivity index (χ1v) is 5.27. The lowest BCUT2D eigenvalue weighted by Gasteiger charge is -2.03. The Kier molecular flexibility index (Phi) is 2.53. The molecule has 1 aromatic carbocycles. The first-order chi connectivity index (χ1) is 6.59. The monoisotopic (exact) mass is 321 g/mol. The quantitative estimate of drug-likeness (QED) is 0.713. The highest BCUT2D eigenvalue weighted by Gasteiger charge is 2.09. The normalized spacial score (nSPS) is 10.9. The Labute approximate surface area is 95.4 Å². The number of hydrogen-bond donors (Lipinski definition) is 0. The van der Waals surface area contributed by atoms with Crippen LogP contribution in [0.2, 0.25) is 0 Å². The summed E-state index contributed by atoms with van der Waals surface area (Å²) in [5, 5.41) is 0.414. The minimum absolute atomic E-state index is 0.154. The molecule has 0 spiro atoms. The van der Waals surface area contributed by atoms with E-state index in [9.17, 15) is 8.78 Å². The Morgan fingerprint density at radius 2 is 1.86 bits per heavy atom. The van der Waals surface area contributed by atoms with Crippen molar-refractivity contribution in [2.24, 2.45) is 0 Å². The van der Waals surface area contributed by atoms with Crippen LogP contribution in [0.3, 0.4) is 0 Å². The molecule has 0 atom stereocenters. The number of nitrogens with zero attached hydrogens (tertiary/aromatic N) is 1. The second kappa shape index (κ2) is 3.55. The minimum Gasteiger partial charge on any atom is -0.252 e. The average Bonchev–Trinajstić information content (AvgIpc) is 2.12. The fraction of sp³-hybridized carbons (Fsp3) is 0. The predicted molar refractivity (Wildman–Crippen MR) is 57.1 cm³/mol. The lowest BCUT2D eigenvalue weighted by atomic mass is 10.2. The van der Waals surface area contributed by atoms with Crippen LogP contribution in [0.15, 0.2) is 27.3 Å². The van der Waals surface area contributed by atoms with Crippen molar-refractivity contribution in [1.29, 1.82) is 0 Å². The Balaban J connectivity index is 2.95. The summed E-state index contributed by atoms with van der Waals surface area (Å²) in [5.41, 5.74) is 0.154. The first kappa shape index (κ1) is 9.98. The standard InChI is InChI=1S/C9H3Br2F2N/c10-6-3-14-9-5(8(6)11)1-4(12)2-7(9)13/h1-3H. The Hall–Kier alpha value is -0.550. The van der Waals surface area contributed by atoms with Gasteiger partial charge in [-0.25, -0.2) is 8.78 Å². The molecule has 2 rings (SSSR count). The summed E-state index contributed by atoms with van der Waals surface area (Å²) in [6, 6.07) is 2.05. The number of halogens is 4. The first-order valence-electron chi connectivity index (χ1n) is 3.68. The Morgan fingerprint density at radius 1 is 1.14 bits per heavy atom. The van der Waals surface area contributed by atoms with Crippen LogP contribution in [0.25, 0.3) is 10.9 Å². The zero-order valence-electron chi connectivity index (χ0n) is 6.69. The fourth-order valence-electron chi connectivity index (χ4n) is 1.17. The van der Waals surface area contributed by atoms with Gasteiger partial charge in [-0.15, -0.1) is 0 Å². The van der Waals surface area contributed by atoms with Crippen LogP contribution in [0.4, 0.5) is 8.78 Å². The minimum atomic E-state index is -0.659. The van der Waals surface area contributed by atoms with E-state index in [-0.39, 0.29) is 5.52 Å². The highest BCUT2D eigenvalue weighted by Crippen LogP contribution is 2.31. The molecule has 0 N–H and O–H groups in total. The molecule has 1 nitrogen and oxygen atoms in total. The topological polar surface area (TPSA) is 12.9 Å². The van der Waals surface area contributed by atoms with Crippen molar-refractivity contribution in [3.8, 4) is 0 Å². The van der Waals surface area contributed by atoms with Gasteiger partial charge >= 0.3 is 0 Å². The van der Waals surface area contributed by atoms with Crippen molar-refractivity contribution in [3.05, 3.63) is 38.9 Å². The second-order valence-corrected chi connectivity index (χ2v) is 4.35. The SMILES string of the molecule is Fc1cc(F)c2ncc(Br)c(Br)c2c1. The summed E-state index contributed by atoms with van der Waals surface area (Å²) in [4.78, 5) is 3.86. The molecule has 0 fully saturated rings. The smallest absolute Gasteiger partial charge is 0.152 e. The lowest BCUT2D eigenvalue weighted by Crippen LogP contribution is -1.88. The predicted octanol–water partition coefficient (Wildman–Crippen LogP) is 4.04. The molecular weight excluding hydrogens is 320 g/mol. The van der Waals surface area contributed by atoms with Gasteiger partial charge in [-0.05, 0) is 37.9 Å². The van der Waals surface area contributed by atoms with Crippen molar-refractivity contribution < 1.29 is 8.78 Å². The number of aromatic nitrogens is 1. The van der Waals surface area contributed by atoms with Crippen LogP contribution >= 0.6 is 31.9 Å². The molecular formula is C9H3Br2F2N. The maximum absolute atomic E-state index is 13.2. The highest BCUT2D eigenvalue weighted by atomic mass is 79.9. The van der Waals surface area contributed by atoms with E-state index >= 15 is 0 Å². The van der Waals surface area contributed by atoms with E-state index in [2.05, 4.69) is 36.8 Å². The Morgan fingerprint density at radius 3 is 2.57 bits per heavy atom.